The lowest BCUT2D eigenvalue weighted by Gasteiger charge is -2.23. The van der Waals surface area contributed by atoms with Crippen LogP contribution in [0.2, 0.25) is 0 Å². The van der Waals surface area contributed by atoms with Gasteiger partial charge in [-0.25, -0.2) is 0 Å². The highest BCUT2D eigenvalue weighted by Crippen LogP contribution is 2.35. The van der Waals surface area contributed by atoms with Gasteiger partial charge in [-0.2, -0.15) is 12.6 Å². The fourth-order valence-electron chi connectivity index (χ4n) is 11.1. The topological polar surface area (TPSA) is 43.7 Å². The quantitative estimate of drug-likeness (QED) is 0.0179. The zero-order valence-corrected chi connectivity index (χ0v) is 44.9. The fourth-order valence-corrected chi connectivity index (χ4v) is 11.3. The molecule has 0 aliphatic carbocycles. The Morgan fingerprint density at radius 2 is 0.603 bits per heavy atom. The van der Waals surface area contributed by atoms with Crippen LogP contribution in [0.4, 0.5) is 0 Å². The molecule has 0 saturated heterocycles. The Kier molecular flexibility index (Phi) is 33.7. The highest BCUT2D eigenvalue weighted by Gasteiger charge is 2.18. The molecule has 0 heterocycles. The van der Waals surface area contributed by atoms with Crippen molar-refractivity contribution in [2.24, 2.45) is 0 Å². The molecule has 0 radical (unpaired) electrons. The first kappa shape index (κ1) is 58.3. The van der Waals surface area contributed by atoms with Crippen LogP contribution in [0, 0.1) is 0 Å². The molecule has 68 heavy (non-hydrogen) atoms. The lowest BCUT2D eigenvalue weighted by atomic mass is 9.77. The first-order valence-corrected chi connectivity index (χ1v) is 29.9. The predicted molar refractivity (Wildman–Crippen MR) is 306 cm³/mol. The van der Waals surface area contributed by atoms with E-state index in [0.717, 1.165) is 24.3 Å². The van der Waals surface area contributed by atoms with Crippen molar-refractivity contribution >= 4 is 46.8 Å². The van der Waals surface area contributed by atoms with Gasteiger partial charge >= 0.3 is 7.12 Å². The molecule has 0 fully saturated rings. The number of unbranched alkanes of at least 4 members (excludes halogenated alkanes) is 37. The molecule has 4 aromatic carbocycles. The van der Waals surface area contributed by atoms with Crippen molar-refractivity contribution in [2.45, 2.75) is 264 Å². The van der Waals surface area contributed by atoms with Crippen LogP contribution in [0.15, 0.2) is 72.8 Å². The van der Waals surface area contributed by atoms with Gasteiger partial charge in [-0.1, -0.05) is 304 Å². The van der Waals surface area contributed by atoms with Gasteiger partial charge in [0, 0.05) is 13.1 Å². The molecule has 380 valence electrons. The second kappa shape index (κ2) is 39.3. The molecule has 5 heteroatoms. The molecular weight excluding hydrogens is 846 g/mol. The Morgan fingerprint density at radius 3 is 0.912 bits per heavy atom. The van der Waals surface area contributed by atoms with Gasteiger partial charge in [0.2, 0.25) is 0 Å². The minimum absolute atomic E-state index is 0.580. The van der Waals surface area contributed by atoms with Crippen LogP contribution in [-0.2, 0) is 19.5 Å². The van der Waals surface area contributed by atoms with E-state index in [1.807, 2.05) is 18.2 Å². The first-order valence-electron chi connectivity index (χ1n) is 29.2. The minimum atomic E-state index is -1.46. The number of nitrogens with zero attached hydrogens (tertiary/aromatic N) is 1. The maximum atomic E-state index is 9.93. The number of hydrogen-bond donors (Lipinski definition) is 3. The number of fused-ring (bicyclic) bond motifs is 2. The molecule has 2 N–H and O–H groups in total. The van der Waals surface area contributed by atoms with Crippen LogP contribution < -0.4 is 5.46 Å². The third kappa shape index (κ3) is 25.2. The van der Waals surface area contributed by atoms with E-state index in [1.165, 1.54) is 277 Å². The SMILES string of the molecule is CN(Cc1ccccc1B(O)O)Cc1c2ccccc2c(CCCCCCCCCCCCCCCCCCCCCCCCCCCCCCCCCCCCCCCCS)c2ccccc12. The van der Waals surface area contributed by atoms with Crippen molar-refractivity contribution < 1.29 is 10.0 Å². The summed E-state index contributed by atoms with van der Waals surface area (Å²) in [4.78, 5) is 2.29. The van der Waals surface area contributed by atoms with E-state index in [0.29, 0.717) is 12.0 Å². The average molecular weight is 948 g/mol. The van der Waals surface area contributed by atoms with Crippen molar-refractivity contribution in [2.75, 3.05) is 12.8 Å². The molecule has 0 bridgehead atoms. The molecular formula is C63H102BNO2S. The van der Waals surface area contributed by atoms with Crippen molar-refractivity contribution in [3.05, 3.63) is 89.5 Å². The van der Waals surface area contributed by atoms with Crippen LogP contribution in [0.3, 0.4) is 0 Å². The van der Waals surface area contributed by atoms with Gasteiger partial charge in [0.1, 0.15) is 0 Å². The molecule has 0 spiro atoms. The third-order valence-corrected chi connectivity index (χ3v) is 15.5. The predicted octanol–water partition coefficient (Wildman–Crippen LogP) is 18.6. The van der Waals surface area contributed by atoms with Gasteiger partial charge in [0.05, 0.1) is 0 Å². The summed E-state index contributed by atoms with van der Waals surface area (Å²) in [6.45, 7) is 1.44. The second-order valence-electron chi connectivity index (χ2n) is 21.2. The van der Waals surface area contributed by atoms with Crippen molar-refractivity contribution in [1.82, 2.24) is 4.90 Å². The smallest absolute Gasteiger partial charge is 0.423 e. The Labute approximate surface area is 425 Å². The molecule has 0 aliphatic heterocycles. The number of benzene rings is 4. The normalized spacial score (nSPS) is 11.8. The maximum absolute atomic E-state index is 9.93. The zero-order chi connectivity index (χ0) is 48.0. The van der Waals surface area contributed by atoms with Gasteiger partial charge in [-0.15, -0.1) is 0 Å². The number of aryl methyl sites for hydroxylation is 1. The lowest BCUT2D eigenvalue weighted by Crippen LogP contribution is -2.35. The highest BCUT2D eigenvalue weighted by atomic mass is 32.1. The summed E-state index contributed by atoms with van der Waals surface area (Å²) < 4.78 is 0. The summed E-state index contributed by atoms with van der Waals surface area (Å²) in [7, 11) is 0.668. The van der Waals surface area contributed by atoms with E-state index in [1.54, 1.807) is 6.07 Å². The molecule has 0 unspecified atom stereocenters. The second-order valence-corrected chi connectivity index (χ2v) is 21.6. The molecule has 3 nitrogen and oxygen atoms in total. The summed E-state index contributed by atoms with van der Waals surface area (Å²) in [5, 5.41) is 25.3. The van der Waals surface area contributed by atoms with E-state index < -0.39 is 7.12 Å². The van der Waals surface area contributed by atoms with Gasteiger partial charge in [0.15, 0.2) is 0 Å². The summed E-state index contributed by atoms with van der Waals surface area (Å²) in [5.74, 6) is 1.06. The molecule has 4 aromatic rings. The molecule has 0 amide bonds. The zero-order valence-electron chi connectivity index (χ0n) is 44.0. The number of thiol groups is 1. The Morgan fingerprint density at radius 1 is 0.338 bits per heavy atom. The average Bonchev–Trinajstić information content (AvgIpc) is 3.35. The van der Waals surface area contributed by atoms with Crippen LogP contribution >= 0.6 is 12.6 Å². The van der Waals surface area contributed by atoms with Crippen molar-refractivity contribution in [3.8, 4) is 0 Å². The maximum Gasteiger partial charge on any atom is 0.488 e. The molecule has 0 aromatic heterocycles. The lowest BCUT2D eigenvalue weighted by molar-refractivity contribution is 0.321. The molecule has 4 rings (SSSR count). The van der Waals surface area contributed by atoms with E-state index >= 15 is 0 Å². The highest BCUT2D eigenvalue weighted by molar-refractivity contribution is 7.80. The van der Waals surface area contributed by atoms with Crippen molar-refractivity contribution in [1.29, 1.82) is 0 Å². The van der Waals surface area contributed by atoms with Crippen LogP contribution in [0.5, 0.6) is 0 Å². The minimum Gasteiger partial charge on any atom is -0.423 e. The van der Waals surface area contributed by atoms with E-state index in [4.69, 9.17) is 0 Å². The van der Waals surface area contributed by atoms with Crippen molar-refractivity contribution in [3.63, 3.8) is 0 Å². The summed E-state index contributed by atoms with van der Waals surface area (Å²) in [6, 6.07) is 25.6. The summed E-state index contributed by atoms with van der Waals surface area (Å²) in [5.41, 5.74) is 4.38. The Balaban J connectivity index is 0.894. The van der Waals surface area contributed by atoms with Crippen LogP contribution in [-0.4, -0.2) is 34.9 Å². The molecule has 0 atom stereocenters. The van der Waals surface area contributed by atoms with E-state index in [2.05, 4.69) is 73.1 Å². The summed E-state index contributed by atoms with van der Waals surface area (Å²) >= 11 is 4.31. The Bertz CT molecular complexity index is 1750. The molecule has 0 saturated carbocycles. The number of hydrogen-bond acceptors (Lipinski definition) is 4. The summed E-state index contributed by atoms with van der Waals surface area (Å²) in [6.07, 6.45) is 55.8. The monoisotopic (exact) mass is 948 g/mol. The first-order chi connectivity index (χ1) is 33.6. The van der Waals surface area contributed by atoms with Gasteiger partial charge in [0.25, 0.3) is 0 Å². The largest absolute Gasteiger partial charge is 0.488 e. The van der Waals surface area contributed by atoms with E-state index in [-0.39, 0.29) is 0 Å². The van der Waals surface area contributed by atoms with E-state index in [9.17, 15) is 10.0 Å². The van der Waals surface area contributed by atoms with Gasteiger partial charge in [-0.05, 0) is 75.8 Å². The van der Waals surface area contributed by atoms with Crippen LogP contribution in [0.25, 0.3) is 21.5 Å². The third-order valence-electron chi connectivity index (χ3n) is 15.2. The van der Waals surface area contributed by atoms with Gasteiger partial charge in [-0.3, -0.25) is 4.90 Å². The fraction of sp³-hybridized carbons (Fsp3) is 0.683. The standard InChI is InChI=1S/C63H102BNO2S/c1-65(54-56-46-39-44-52-63(56)64(66)67)55-62-60-50-42-40-48-58(60)57(59-49-41-43-51-61(59)62)47-38-36-34-32-30-28-26-24-22-20-18-16-14-12-10-8-6-4-2-3-5-7-9-11-13-15-17-19-21-23-25-27-29-31-33-35-37-45-53-68/h39-44,46,48-52,66-68H,2-38,45,47,53-55H2,1H3. The Hall–Kier alpha value is -2.31. The number of rotatable bonds is 45. The van der Waals surface area contributed by atoms with Crippen LogP contribution in [0.1, 0.15) is 261 Å². The molecule has 0 aliphatic rings. The van der Waals surface area contributed by atoms with Gasteiger partial charge < -0.3 is 10.0 Å².